The quantitative estimate of drug-likeness (QED) is 0.374. The molecule has 142 valence electrons. The van der Waals surface area contributed by atoms with Crippen LogP contribution in [-0.4, -0.2) is 63.9 Å². The average Bonchev–Trinajstić information content (AvgIpc) is 3.06. The second kappa shape index (κ2) is 6.00. The van der Waals surface area contributed by atoms with Gasteiger partial charge < -0.3 is 0 Å². The van der Waals surface area contributed by atoms with Gasteiger partial charge in [-0.3, -0.25) is 0 Å². The van der Waals surface area contributed by atoms with Crippen LogP contribution in [0.25, 0.3) is 5.65 Å². The number of nitrogens with two attached hydrogens (primary N) is 1. The van der Waals surface area contributed by atoms with Gasteiger partial charge in [0.25, 0.3) is 0 Å². The van der Waals surface area contributed by atoms with Gasteiger partial charge in [0.15, 0.2) is 0 Å². The Morgan fingerprint density at radius 3 is 2.81 bits per heavy atom. The maximum atomic E-state index is 15.4. The van der Waals surface area contributed by atoms with Crippen molar-refractivity contribution in [2.75, 3.05) is 12.3 Å². The van der Waals surface area contributed by atoms with Gasteiger partial charge in [0, 0.05) is 0 Å². The number of anilines is 1. The molecule has 6 N–H and O–H groups in total. The summed E-state index contributed by atoms with van der Waals surface area (Å²) in [5.41, 5.74) is 0.528. The van der Waals surface area contributed by atoms with Gasteiger partial charge in [-0.25, -0.2) is 0 Å². The fourth-order valence-electron chi connectivity index (χ4n) is 2.86. The van der Waals surface area contributed by atoms with Crippen molar-refractivity contribution in [2.45, 2.75) is 30.4 Å². The maximum absolute atomic E-state index is 15.4. The minimum atomic E-state index is -4.93. The first-order chi connectivity index (χ1) is 12.0. The Labute approximate surface area is 145 Å². The number of nitrogens with zero attached hydrogens (tertiary/aromatic N) is 5. The summed E-state index contributed by atoms with van der Waals surface area (Å²) in [5.74, 6) is -0.0186. The molecule has 0 radical (unpaired) electrons. The third-order valence-corrected chi connectivity index (χ3v) is 4.77. The van der Waals surface area contributed by atoms with E-state index >= 15 is 4.39 Å². The van der Waals surface area contributed by atoms with Gasteiger partial charge >= 0.3 is 145 Å². The van der Waals surface area contributed by atoms with E-state index < -0.39 is 38.3 Å². The van der Waals surface area contributed by atoms with Crippen molar-refractivity contribution in [3.05, 3.63) is 18.2 Å². The van der Waals surface area contributed by atoms with Crippen LogP contribution in [0.5, 0.6) is 0 Å². The number of alkyl halides is 1. The predicted octanol–water partition coefficient (Wildman–Crippen LogP) is -1.68. The molecule has 1 fully saturated rings. The average molecular weight is 390 g/mol. The molecule has 0 bridgehead atoms. The summed E-state index contributed by atoms with van der Waals surface area (Å²) in [6.45, 7) is 0.167. The SMILES string of the molecule is C[C@@]1(F)[C@H](O)[C@@H](CO[PH](O)(O)O)O[C@@]1(C#N)c1cnc2c(N)ncnn12. The summed E-state index contributed by atoms with van der Waals surface area (Å²) < 4.78 is 26.3. The number of aliphatic hydroxyl groups is 1. The van der Waals surface area contributed by atoms with E-state index in [4.69, 9.17) is 25.2 Å². The Bertz CT molecular complexity index is 881. The Kier molecular flexibility index (Phi) is 4.32. The van der Waals surface area contributed by atoms with Crippen molar-refractivity contribution in [3.8, 4) is 6.07 Å². The first kappa shape index (κ1) is 18.7. The summed E-state index contributed by atoms with van der Waals surface area (Å²) in [6.07, 6.45) is -1.21. The van der Waals surface area contributed by atoms with Crippen molar-refractivity contribution in [3.63, 3.8) is 0 Å². The van der Waals surface area contributed by atoms with Crippen LogP contribution in [0.3, 0.4) is 0 Å². The summed E-state index contributed by atoms with van der Waals surface area (Å²) in [7, 11) is -4.93. The third-order valence-electron chi connectivity index (χ3n) is 4.21. The van der Waals surface area contributed by atoms with Gasteiger partial charge in [0.2, 0.25) is 0 Å². The summed E-state index contributed by atoms with van der Waals surface area (Å²) in [5, 5.41) is 23.8. The molecule has 1 aliphatic rings. The number of fused-ring (bicyclic) bond motifs is 1. The Hall–Kier alpha value is -2.04. The van der Waals surface area contributed by atoms with E-state index in [1.54, 1.807) is 6.07 Å². The zero-order valence-electron chi connectivity index (χ0n) is 13.3. The monoisotopic (exact) mass is 390 g/mol. The molecule has 26 heavy (non-hydrogen) atoms. The molecule has 3 rings (SSSR count). The molecule has 14 heteroatoms. The van der Waals surface area contributed by atoms with Gasteiger partial charge in [-0.1, -0.05) is 0 Å². The number of nitrogen functional groups attached to an aromatic ring is 1. The van der Waals surface area contributed by atoms with Crippen LogP contribution in [-0.2, 0) is 14.9 Å². The number of aromatic nitrogens is 4. The Balaban J connectivity index is 2.07. The second-order valence-corrected chi connectivity index (χ2v) is 7.32. The van der Waals surface area contributed by atoms with Gasteiger partial charge in [-0.05, 0) is 0 Å². The second-order valence-electron chi connectivity index (χ2n) is 5.88. The molecular weight excluding hydrogens is 374 g/mol. The summed E-state index contributed by atoms with van der Waals surface area (Å²) >= 11 is 0. The van der Waals surface area contributed by atoms with E-state index in [2.05, 4.69) is 19.6 Å². The van der Waals surface area contributed by atoms with Gasteiger partial charge in [0.1, 0.15) is 0 Å². The van der Waals surface area contributed by atoms with Crippen molar-refractivity contribution in [2.24, 2.45) is 0 Å². The van der Waals surface area contributed by atoms with Crippen molar-refractivity contribution >= 4 is 19.6 Å². The predicted molar refractivity (Wildman–Crippen MR) is 83.8 cm³/mol. The number of hydrogen-bond donors (Lipinski definition) is 5. The number of ether oxygens (including phenoxy) is 1. The van der Waals surface area contributed by atoms with Crippen LogP contribution in [0.4, 0.5) is 10.2 Å². The fourth-order valence-corrected chi connectivity index (χ4v) is 3.25. The van der Waals surface area contributed by atoms with E-state index in [-0.39, 0.29) is 17.2 Å². The standard InChI is InChI=1S/C12H16FN6O6P/c1-11(13)8(20)6(3-24-26(21,22)23)25-12(11,4-14)7-2-16-10-9(15)17-5-18-19(7)10/h2,5-6,8,20-23,26H,3H2,1H3,(H2,15,17,18)/t6-,8-,11-,12+/m1/s1. The zero-order chi connectivity index (χ0) is 19.3. The molecule has 3 heterocycles. The molecule has 2 aromatic rings. The molecular formula is C12H16FN6O6P. The summed E-state index contributed by atoms with van der Waals surface area (Å²) in [4.78, 5) is 34.5. The van der Waals surface area contributed by atoms with Gasteiger partial charge in [-0.15, -0.1) is 0 Å². The molecule has 2 aromatic heterocycles. The van der Waals surface area contributed by atoms with Crippen LogP contribution >= 0.6 is 8.17 Å². The van der Waals surface area contributed by atoms with Gasteiger partial charge in [0.05, 0.1) is 0 Å². The normalized spacial score (nSPS) is 32.7. The Morgan fingerprint density at radius 2 is 2.19 bits per heavy atom. The molecule has 0 amide bonds. The van der Waals surface area contributed by atoms with E-state index in [0.717, 1.165) is 24.0 Å². The minimum absolute atomic E-state index is 0.0186. The summed E-state index contributed by atoms with van der Waals surface area (Å²) in [6, 6.07) is 1.69. The number of hydrogen-bond acceptors (Lipinski definition) is 11. The first-order valence-electron chi connectivity index (χ1n) is 7.25. The zero-order valence-corrected chi connectivity index (χ0v) is 14.3. The molecule has 4 atom stereocenters. The number of halogens is 1. The van der Waals surface area contributed by atoms with E-state index in [9.17, 15) is 10.4 Å². The van der Waals surface area contributed by atoms with Crippen LogP contribution in [0.2, 0.25) is 0 Å². The molecule has 0 saturated carbocycles. The van der Waals surface area contributed by atoms with E-state index in [1.807, 2.05) is 0 Å². The molecule has 12 nitrogen and oxygen atoms in total. The van der Waals surface area contributed by atoms with Crippen molar-refractivity contribution in [1.29, 1.82) is 5.26 Å². The number of aliphatic hydroxyl groups excluding tert-OH is 1. The van der Waals surface area contributed by atoms with Crippen LogP contribution < -0.4 is 5.73 Å². The third kappa shape index (κ3) is 2.68. The van der Waals surface area contributed by atoms with Crippen LogP contribution in [0.15, 0.2) is 12.5 Å². The fraction of sp³-hybridized carbons (Fsp3) is 0.500. The molecule has 0 unspecified atom stereocenters. The van der Waals surface area contributed by atoms with Crippen LogP contribution in [0, 0.1) is 11.3 Å². The van der Waals surface area contributed by atoms with Crippen molar-refractivity contribution < 1.29 is 33.4 Å². The molecule has 0 aliphatic carbocycles. The number of nitriles is 1. The molecule has 0 aromatic carbocycles. The Morgan fingerprint density at radius 1 is 1.50 bits per heavy atom. The van der Waals surface area contributed by atoms with Gasteiger partial charge in [-0.2, -0.15) is 0 Å². The van der Waals surface area contributed by atoms with E-state index in [0.29, 0.717) is 0 Å². The molecule has 1 saturated heterocycles. The molecule has 0 spiro atoms. The first-order valence-corrected chi connectivity index (χ1v) is 9.00. The number of rotatable bonds is 4. The van der Waals surface area contributed by atoms with E-state index in [1.165, 1.54) is 0 Å². The van der Waals surface area contributed by atoms with Crippen molar-refractivity contribution in [1.82, 2.24) is 19.6 Å². The van der Waals surface area contributed by atoms with Crippen LogP contribution in [0.1, 0.15) is 12.6 Å². The topological polar surface area (TPSA) is 192 Å². The number of imidazole rings is 1. The molecule has 1 aliphatic heterocycles.